The third-order valence-corrected chi connectivity index (χ3v) is 5.13. The van der Waals surface area contributed by atoms with Crippen molar-refractivity contribution in [2.75, 3.05) is 5.73 Å². The summed E-state index contributed by atoms with van der Waals surface area (Å²) in [5, 5.41) is 2.29. The van der Waals surface area contributed by atoms with Gasteiger partial charge in [-0.2, -0.15) is 0 Å². The van der Waals surface area contributed by atoms with E-state index in [4.69, 9.17) is 5.73 Å². The maximum Gasteiger partial charge on any atom is 0.185 e. The highest BCUT2D eigenvalue weighted by Gasteiger charge is 2.12. The van der Waals surface area contributed by atoms with Crippen LogP contribution >= 0.6 is 0 Å². The second-order valence-corrected chi connectivity index (χ2v) is 7.42. The van der Waals surface area contributed by atoms with Crippen LogP contribution in [-0.2, 0) is 24.1 Å². The number of hydrogen-bond acceptors (Lipinski definition) is 4. The molecular weight excluding hydrogens is 372 g/mol. The third kappa shape index (κ3) is 4.61. The number of carbonyl (C=O) groups is 2. The highest BCUT2D eigenvalue weighted by molar-refractivity contribution is 5.96. The monoisotopic (exact) mass is 394 g/mol. The Bertz CT molecular complexity index is 1210. The molecule has 30 heavy (non-hydrogen) atoms. The molecule has 0 aliphatic carbocycles. The van der Waals surface area contributed by atoms with Crippen LogP contribution < -0.4 is 5.73 Å². The van der Waals surface area contributed by atoms with E-state index in [0.717, 1.165) is 27.5 Å². The van der Waals surface area contributed by atoms with Crippen LogP contribution in [0.3, 0.4) is 0 Å². The van der Waals surface area contributed by atoms with E-state index in [0.29, 0.717) is 24.2 Å². The van der Waals surface area contributed by atoms with Crippen molar-refractivity contribution in [3.63, 3.8) is 0 Å². The summed E-state index contributed by atoms with van der Waals surface area (Å²) >= 11 is 0. The predicted molar refractivity (Wildman–Crippen MR) is 119 cm³/mol. The van der Waals surface area contributed by atoms with Crippen molar-refractivity contribution in [2.45, 2.75) is 19.3 Å². The Morgan fingerprint density at radius 3 is 2.20 bits per heavy atom. The standard InChI is InChI=1S/C26H22N2O2/c27-24-8-4-3-7-22(24)16-26(30)25-12-10-19(17-28-25)15-23(29)14-18-9-11-20-5-1-2-6-21(20)13-18/h1-13,17H,14-16,27H2. The van der Waals surface area contributed by atoms with E-state index in [1.54, 1.807) is 24.4 Å². The van der Waals surface area contributed by atoms with E-state index in [-0.39, 0.29) is 18.0 Å². The fourth-order valence-electron chi connectivity index (χ4n) is 3.52. The zero-order valence-electron chi connectivity index (χ0n) is 16.5. The molecule has 4 aromatic rings. The second kappa shape index (κ2) is 8.70. The molecule has 4 nitrogen and oxygen atoms in total. The number of hydrogen-bond donors (Lipinski definition) is 1. The first kappa shape index (κ1) is 19.5. The summed E-state index contributed by atoms with van der Waals surface area (Å²) in [4.78, 5) is 29.2. The van der Waals surface area contributed by atoms with Crippen LogP contribution in [0.15, 0.2) is 85.1 Å². The summed E-state index contributed by atoms with van der Waals surface area (Å²) in [6.45, 7) is 0. The van der Waals surface area contributed by atoms with Crippen molar-refractivity contribution >= 4 is 28.0 Å². The summed E-state index contributed by atoms with van der Waals surface area (Å²) in [6.07, 6.45) is 2.48. The van der Waals surface area contributed by atoms with Crippen LogP contribution in [0.2, 0.25) is 0 Å². The van der Waals surface area contributed by atoms with Crippen LogP contribution in [0.1, 0.15) is 27.2 Å². The number of rotatable bonds is 7. The van der Waals surface area contributed by atoms with Crippen molar-refractivity contribution in [3.8, 4) is 0 Å². The van der Waals surface area contributed by atoms with E-state index in [2.05, 4.69) is 17.1 Å². The van der Waals surface area contributed by atoms with Gasteiger partial charge in [-0.25, -0.2) is 0 Å². The largest absolute Gasteiger partial charge is 0.398 e. The van der Waals surface area contributed by atoms with Gasteiger partial charge in [0.1, 0.15) is 11.5 Å². The number of Topliss-reactive ketones (excluding diaryl/α,β-unsaturated/α-hetero) is 2. The van der Waals surface area contributed by atoms with Crippen molar-refractivity contribution in [3.05, 3.63) is 107 Å². The lowest BCUT2D eigenvalue weighted by molar-refractivity contribution is -0.117. The van der Waals surface area contributed by atoms with E-state index < -0.39 is 0 Å². The van der Waals surface area contributed by atoms with Gasteiger partial charge >= 0.3 is 0 Å². The van der Waals surface area contributed by atoms with Crippen molar-refractivity contribution in [1.29, 1.82) is 0 Å². The molecule has 0 aliphatic heterocycles. The molecule has 148 valence electrons. The smallest absolute Gasteiger partial charge is 0.185 e. The quantitative estimate of drug-likeness (QED) is 0.367. The SMILES string of the molecule is Nc1ccccc1CC(=O)c1ccc(CC(=O)Cc2ccc3ccccc3c2)cn1. The Morgan fingerprint density at radius 1 is 0.733 bits per heavy atom. The van der Waals surface area contributed by atoms with E-state index in [1.165, 1.54) is 0 Å². The van der Waals surface area contributed by atoms with Gasteiger partial charge in [0.25, 0.3) is 0 Å². The summed E-state index contributed by atoms with van der Waals surface area (Å²) in [5.74, 6) is 0.0187. The zero-order valence-corrected chi connectivity index (χ0v) is 16.5. The minimum Gasteiger partial charge on any atom is -0.398 e. The molecule has 1 aromatic heterocycles. The molecular formula is C26H22N2O2. The molecule has 4 rings (SSSR count). The number of aromatic nitrogens is 1. The first-order valence-corrected chi connectivity index (χ1v) is 9.89. The number of nitrogens with two attached hydrogens (primary N) is 1. The molecule has 0 amide bonds. The van der Waals surface area contributed by atoms with Crippen LogP contribution in [-0.4, -0.2) is 16.6 Å². The number of benzene rings is 3. The van der Waals surface area contributed by atoms with Gasteiger partial charge < -0.3 is 5.73 Å². The predicted octanol–water partition coefficient (Wildman–Crippen LogP) is 4.60. The Hall–Kier alpha value is -3.79. The average Bonchev–Trinajstić information content (AvgIpc) is 2.75. The van der Waals surface area contributed by atoms with Gasteiger partial charge in [-0.1, -0.05) is 66.7 Å². The maximum atomic E-state index is 12.5. The Balaban J connectivity index is 1.38. The van der Waals surface area contributed by atoms with Gasteiger partial charge in [0, 0.05) is 31.1 Å². The molecule has 0 fully saturated rings. The molecule has 0 unspecified atom stereocenters. The van der Waals surface area contributed by atoms with Gasteiger partial charge in [-0.05, 0) is 39.6 Å². The van der Waals surface area contributed by atoms with Gasteiger partial charge in [-0.3, -0.25) is 14.6 Å². The zero-order chi connectivity index (χ0) is 20.9. The minimum absolute atomic E-state index is 0.0954. The lowest BCUT2D eigenvalue weighted by atomic mass is 10.0. The van der Waals surface area contributed by atoms with Crippen LogP contribution in [0.25, 0.3) is 10.8 Å². The van der Waals surface area contributed by atoms with Gasteiger partial charge in [0.2, 0.25) is 0 Å². The molecule has 0 saturated heterocycles. The minimum atomic E-state index is -0.0954. The summed E-state index contributed by atoms with van der Waals surface area (Å²) in [5.41, 5.74) is 9.48. The lowest BCUT2D eigenvalue weighted by Gasteiger charge is -2.06. The molecule has 1 heterocycles. The molecule has 0 saturated carbocycles. The first-order chi connectivity index (χ1) is 14.6. The molecule has 0 spiro atoms. The van der Waals surface area contributed by atoms with Gasteiger partial charge in [0.05, 0.1) is 0 Å². The van der Waals surface area contributed by atoms with Crippen molar-refractivity contribution < 1.29 is 9.59 Å². The summed E-state index contributed by atoms with van der Waals surface area (Å²) in [7, 11) is 0. The summed E-state index contributed by atoms with van der Waals surface area (Å²) in [6, 6.07) is 25.0. The highest BCUT2D eigenvalue weighted by Crippen LogP contribution is 2.17. The van der Waals surface area contributed by atoms with Gasteiger partial charge in [-0.15, -0.1) is 0 Å². The first-order valence-electron chi connectivity index (χ1n) is 9.89. The van der Waals surface area contributed by atoms with E-state index in [9.17, 15) is 9.59 Å². The lowest BCUT2D eigenvalue weighted by Crippen LogP contribution is -2.10. The number of carbonyl (C=O) groups excluding carboxylic acids is 2. The number of fused-ring (bicyclic) bond motifs is 1. The molecule has 3 aromatic carbocycles. The fraction of sp³-hybridized carbons (Fsp3) is 0.115. The van der Waals surface area contributed by atoms with Gasteiger partial charge in [0.15, 0.2) is 5.78 Å². The van der Waals surface area contributed by atoms with Crippen LogP contribution in [0, 0.1) is 0 Å². The van der Waals surface area contributed by atoms with Crippen LogP contribution in [0.5, 0.6) is 0 Å². The number of anilines is 1. The number of para-hydroxylation sites is 1. The number of nitrogens with zero attached hydrogens (tertiary/aromatic N) is 1. The number of ketones is 2. The molecule has 2 N–H and O–H groups in total. The van der Waals surface area contributed by atoms with Crippen molar-refractivity contribution in [1.82, 2.24) is 4.98 Å². The molecule has 0 radical (unpaired) electrons. The third-order valence-electron chi connectivity index (χ3n) is 5.13. The Kier molecular flexibility index (Phi) is 5.66. The molecule has 0 atom stereocenters. The molecule has 0 bridgehead atoms. The highest BCUT2D eigenvalue weighted by atomic mass is 16.1. The second-order valence-electron chi connectivity index (χ2n) is 7.42. The topological polar surface area (TPSA) is 73.1 Å². The number of nitrogen functional groups attached to an aromatic ring is 1. The Labute approximate surface area is 175 Å². The summed E-state index contributed by atoms with van der Waals surface area (Å²) < 4.78 is 0. The maximum absolute atomic E-state index is 12.5. The van der Waals surface area contributed by atoms with E-state index in [1.807, 2.05) is 48.5 Å². The van der Waals surface area contributed by atoms with E-state index >= 15 is 0 Å². The Morgan fingerprint density at radius 2 is 1.43 bits per heavy atom. The molecule has 4 heteroatoms. The number of pyridine rings is 1. The fourth-order valence-corrected chi connectivity index (χ4v) is 3.52. The molecule has 0 aliphatic rings. The van der Waals surface area contributed by atoms with Crippen molar-refractivity contribution in [2.24, 2.45) is 0 Å². The van der Waals surface area contributed by atoms with Crippen LogP contribution in [0.4, 0.5) is 5.69 Å². The average molecular weight is 394 g/mol. The normalized spacial score (nSPS) is 10.8.